The number of benzene rings is 2. The van der Waals surface area contributed by atoms with E-state index in [0.717, 1.165) is 23.9 Å². The van der Waals surface area contributed by atoms with Crippen LogP contribution in [0.2, 0.25) is 0 Å². The third kappa shape index (κ3) is 3.57. The fraction of sp³-hybridized carbons (Fsp3) is 0.125. The number of aromatic nitrogens is 3. The van der Waals surface area contributed by atoms with Gasteiger partial charge in [-0.05, 0) is 36.8 Å². The van der Waals surface area contributed by atoms with Crippen molar-refractivity contribution >= 4 is 10.0 Å². The van der Waals surface area contributed by atoms with E-state index in [1.807, 2.05) is 0 Å². The Labute approximate surface area is 143 Å². The van der Waals surface area contributed by atoms with E-state index in [4.69, 9.17) is 0 Å². The lowest BCUT2D eigenvalue weighted by Crippen LogP contribution is -2.28. The third-order valence-electron chi connectivity index (χ3n) is 3.60. The van der Waals surface area contributed by atoms with Gasteiger partial charge in [-0.15, -0.1) is 0 Å². The van der Waals surface area contributed by atoms with Crippen molar-refractivity contribution in [2.45, 2.75) is 17.9 Å². The van der Waals surface area contributed by atoms with Crippen molar-refractivity contribution in [3.63, 3.8) is 0 Å². The molecule has 1 heterocycles. The van der Waals surface area contributed by atoms with Crippen LogP contribution in [-0.2, 0) is 10.0 Å². The van der Waals surface area contributed by atoms with Crippen LogP contribution in [0.25, 0.3) is 5.69 Å². The quantitative estimate of drug-likeness (QED) is 0.755. The molecule has 1 atom stereocenters. The van der Waals surface area contributed by atoms with Crippen LogP contribution in [-0.4, -0.2) is 23.2 Å². The largest absolute Gasteiger partial charge is 0.246 e. The monoisotopic (exact) mass is 364 g/mol. The Morgan fingerprint density at radius 3 is 2.28 bits per heavy atom. The number of hydrogen-bond donors (Lipinski definition) is 1. The van der Waals surface area contributed by atoms with Crippen LogP contribution in [0.15, 0.2) is 60.0 Å². The van der Waals surface area contributed by atoms with Gasteiger partial charge in [0, 0.05) is 6.04 Å². The molecule has 0 aliphatic carbocycles. The summed E-state index contributed by atoms with van der Waals surface area (Å²) in [6, 6.07) is 9.08. The van der Waals surface area contributed by atoms with Gasteiger partial charge in [0.15, 0.2) is 4.90 Å². The van der Waals surface area contributed by atoms with Crippen LogP contribution in [0, 0.1) is 11.6 Å². The number of hydrogen-bond acceptors (Lipinski definition) is 4. The molecule has 0 spiro atoms. The summed E-state index contributed by atoms with van der Waals surface area (Å²) in [4.78, 5) is 2.86. The van der Waals surface area contributed by atoms with Crippen LogP contribution >= 0.6 is 0 Å². The Hall–Kier alpha value is -2.65. The number of rotatable bonds is 5. The molecule has 130 valence electrons. The molecule has 6 nitrogen and oxygen atoms in total. The van der Waals surface area contributed by atoms with Crippen molar-refractivity contribution in [3.05, 3.63) is 72.3 Å². The lowest BCUT2D eigenvalue weighted by Gasteiger charge is -2.16. The van der Waals surface area contributed by atoms with E-state index >= 15 is 0 Å². The Kier molecular flexibility index (Phi) is 4.60. The normalized spacial score (nSPS) is 12.9. The number of nitrogens with zero attached hydrogens (tertiary/aromatic N) is 3. The highest BCUT2D eigenvalue weighted by Gasteiger charge is 2.25. The predicted molar refractivity (Wildman–Crippen MR) is 86.5 cm³/mol. The van der Waals surface area contributed by atoms with E-state index in [1.54, 1.807) is 35.9 Å². The molecule has 9 heteroatoms. The molecule has 0 aliphatic rings. The summed E-state index contributed by atoms with van der Waals surface area (Å²) in [5.74, 6) is -2.28. The van der Waals surface area contributed by atoms with Crippen LogP contribution in [0.5, 0.6) is 0 Å². The first-order valence-electron chi connectivity index (χ1n) is 7.30. The summed E-state index contributed by atoms with van der Waals surface area (Å²) >= 11 is 0. The molecule has 0 amide bonds. The van der Waals surface area contributed by atoms with E-state index in [0.29, 0.717) is 5.56 Å². The van der Waals surface area contributed by atoms with Gasteiger partial charge in [-0.3, -0.25) is 0 Å². The molecule has 25 heavy (non-hydrogen) atoms. The number of halogens is 2. The Morgan fingerprint density at radius 2 is 1.72 bits per heavy atom. The lowest BCUT2D eigenvalue weighted by molar-refractivity contribution is 0.509. The molecule has 0 radical (unpaired) electrons. The zero-order valence-corrected chi connectivity index (χ0v) is 13.9. The first-order valence-corrected chi connectivity index (χ1v) is 8.78. The standard InChI is InChI=1S/C16H14F2N4O2S/c1-11(12-5-7-13(8-6-12)22-10-19-9-20-22)21-25(23,24)16-14(17)3-2-4-15(16)18/h2-11,21H,1H3/t11-/m0/s1. The highest BCUT2D eigenvalue weighted by molar-refractivity contribution is 7.89. The summed E-state index contributed by atoms with van der Waals surface area (Å²) < 4.78 is 55.9. The van der Waals surface area contributed by atoms with Gasteiger partial charge in [-0.1, -0.05) is 18.2 Å². The van der Waals surface area contributed by atoms with Gasteiger partial charge in [0.25, 0.3) is 0 Å². The summed E-state index contributed by atoms with van der Waals surface area (Å²) in [6.07, 6.45) is 2.93. The Morgan fingerprint density at radius 1 is 1.08 bits per heavy atom. The topological polar surface area (TPSA) is 76.9 Å². The molecule has 3 rings (SSSR count). The fourth-order valence-electron chi connectivity index (χ4n) is 2.36. The zero-order valence-electron chi connectivity index (χ0n) is 13.1. The SMILES string of the molecule is C[C@H](NS(=O)(=O)c1c(F)cccc1F)c1ccc(-n2cncn2)cc1. The summed E-state index contributed by atoms with van der Waals surface area (Å²) in [7, 11) is -4.35. The van der Waals surface area contributed by atoms with Crippen molar-refractivity contribution < 1.29 is 17.2 Å². The minimum absolute atomic E-state index is 0.629. The number of sulfonamides is 1. The summed E-state index contributed by atoms with van der Waals surface area (Å²) in [5.41, 5.74) is 1.38. The molecule has 0 fully saturated rings. The fourth-order valence-corrected chi connectivity index (χ4v) is 3.73. The minimum Gasteiger partial charge on any atom is -0.223 e. The highest BCUT2D eigenvalue weighted by atomic mass is 32.2. The molecule has 0 bridgehead atoms. The molecule has 1 aromatic heterocycles. The maximum atomic E-state index is 13.7. The maximum Gasteiger partial charge on any atom is 0.246 e. The van der Waals surface area contributed by atoms with Crippen molar-refractivity contribution in [1.82, 2.24) is 19.5 Å². The smallest absolute Gasteiger partial charge is 0.223 e. The molecule has 1 N–H and O–H groups in total. The molecule has 0 unspecified atom stereocenters. The third-order valence-corrected chi connectivity index (χ3v) is 5.19. The van der Waals surface area contributed by atoms with Crippen molar-refractivity contribution in [3.8, 4) is 5.69 Å². The van der Waals surface area contributed by atoms with Crippen LogP contribution < -0.4 is 4.72 Å². The summed E-state index contributed by atoms with van der Waals surface area (Å²) in [5, 5.41) is 3.99. The lowest BCUT2D eigenvalue weighted by atomic mass is 10.1. The average molecular weight is 364 g/mol. The van der Waals surface area contributed by atoms with E-state index in [2.05, 4.69) is 14.8 Å². The highest BCUT2D eigenvalue weighted by Crippen LogP contribution is 2.22. The van der Waals surface area contributed by atoms with Crippen LogP contribution in [0.4, 0.5) is 8.78 Å². The van der Waals surface area contributed by atoms with E-state index in [-0.39, 0.29) is 0 Å². The van der Waals surface area contributed by atoms with Crippen molar-refractivity contribution in [1.29, 1.82) is 0 Å². The second kappa shape index (κ2) is 6.69. The predicted octanol–water partition coefficient (Wildman–Crippen LogP) is 2.59. The zero-order chi connectivity index (χ0) is 18.0. The van der Waals surface area contributed by atoms with Gasteiger partial charge in [0.1, 0.15) is 24.3 Å². The maximum absolute atomic E-state index is 13.7. The molecular formula is C16H14F2N4O2S. The molecule has 0 aliphatic heterocycles. The van der Waals surface area contributed by atoms with Crippen molar-refractivity contribution in [2.24, 2.45) is 0 Å². The van der Waals surface area contributed by atoms with Crippen molar-refractivity contribution in [2.75, 3.05) is 0 Å². The Bertz CT molecular complexity index is 954. The molecule has 3 aromatic rings. The molecule has 2 aromatic carbocycles. The molecule has 0 saturated carbocycles. The second-order valence-corrected chi connectivity index (χ2v) is 6.98. The second-order valence-electron chi connectivity index (χ2n) is 5.33. The van der Waals surface area contributed by atoms with E-state index < -0.39 is 32.6 Å². The van der Waals surface area contributed by atoms with Gasteiger partial charge >= 0.3 is 0 Å². The van der Waals surface area contributed by atoms with E-state index in [1.165, 1.54) is 12.7 Å². The summed E-state index contributed by atoms with van der Waals surface area (Å²) in [6.45, 7) is 1.58. The number of nitrogens with one attached hydrogen (secondary N) is 1. The van der Waals surface area contributed by atoms with Gasteiger partial charge in [0.05, 0.1) is 5.69 Å². The first-order chi connectivity index (χ1) is 11.9. The first kappa shape index (κ1) is 17.2. The molecular weight excluding hydrogens is 350 g/mol. The average Bonchev–Trinajstić information content (AvgIpc) is 3.08. The van der Waals surface area contributed by atoms with Crippen LogP contribution in [0.3, 0.4) is 0 Å². The minimum atomic E-state index is -4.35. The molecule has 0 saturated heterocycles. The van der Waals surface area contributed by atoms with Gasteiger partial charge in [-0.25, -0.2) is 31.6 Å². The Balaban J connectivity index is 1.83. The van der Waals surface area contributed by atoms with Gasteiger partial charge in [0.2, 0.25) is 10.0 Å². The van der Waals surface area contributed by atoms with Gasteiger partial charge in [-0.2, -0.15) is 5.10 Å². The van der Waals surface area contributed by atoms with Crippen LogP contribution in [0.1, 0.15) is 18.5 Å². The van der Waals surface area contributed by atoms with Gasteiger partial charge < -0.3 is 0 Å². The van der Waals surface area contributed by atoms with E-state index in [9.17, 15) is 17.2 Å².